The van der Waals surface area contributed by atoms with Crippen molar-refractivity contribution in [1.29, 1.82) is 0 Å². The Balaban J connectivity index is 2.81. The van der Waals surface area contributed by atoms with Gasteiger partial charge in [-0.1, -0.05) is 31.0 Å². The Morgan fingerprint density at radius 2 is 2.06 bits per heavy atom. The van der Waals surface area contributed by atoms with Gasteiger partial charge in [0.25, 0.3) is 0 Å². The molecule has 1 N–H and O–H groups in total. The van der Waals surface area contributed by atoms with Gasteiger partial charge in [-0.25, -0.2) is 0 Å². The second-order valence-corrected chi connectivity index (χ2v) is 4.66. The monoisotopic (exact) mass is 254 g/mol. The lowest BCUT2D eigenvalue weighted by Crippen LogP contribution is -2.24. The minimum absolute atomic E-state index is 0.857. The molecule has 3 heteroatoms. The maximum Gasteiger partial charge on any atom is 0.0642 e. The van der Waals surface area contributed by atoms with Gasteiger partial charge in [-0.15, -0.1) is 0 Å². The van der Waals surface area contributed by atoms with Crippen molar-refractivity contribution >= 4 is 17.3 Å². The quantitative estimate of drug-likeness (QED) is 0.799. The number of halogens is 1. The van der Waals surface area contributed by atoms with Crippen LogP contribution in [0.5, 0.6) is 0 Å². The van der Waals surface area contributed by atoms with E-state index >= 15 is 0 Å². The van der Waals surface area contributed by atoms with Crippen molar-refractivity contribution in [3.8, 4) is 0 Å². The smallest absolute Gasteiger partial charge is 0.0642 e. The zero-order valence-electron chi connectivity index (χ0n) is 11.1. The molecule has 96 valence electrons. The van der Waals surface area contributed by atoms with Gasteiger partial charge in [0.1, 0.15) is 0 Å². The van der Waals surface area contributed by atoms with E-state index in [1.807, 2.05) is 7.05 Å². The normalized spacial score (nSPS) is 10.6. The zero-order chi connectivity index (χ0) is 12.7. The van der Waals surface area contributed by atoms with E-state index in [-0.39, 0.29) is 0 Å². The summed E-state index contributed by atoms with van der Waals surface area (Å²) >= 11 is 6.35. The molecule has 1 rings (SSSR count). The van der Waals surface area contributed by atoms with E-state index in [0.29, 0.717) is 0 Å². The number of unbranched alkanes of at least 4 members (excludes halogenated alkanes) is 1. The van der Waals surface area contributed by atoms with Crippen molar-refractivity contribution in [3.63, 3.8) is 0 Å². The molecule has 0 saturated heterocycles. The highest BCUT2D eigenvalue weighted by molar-refractivity contribution is 6.33. The van der Waals surface area contributed by atoms with Crippen LogP contribution < -0.4 is 10.2 Å². The van der Waals surface area contributed by atoms with Crippen LogP contribution in [-0.4, -0.2) is 20.1 Å². The first-order chi connectivity index (χ1) is 8.22. The standard InChI is InChI=1S/C14H23ClN2/c1-4-6-9-17(5-2)14-8-7-12(11-16-3)10-13(14)15/h7-8,10,16H,4-6,9,11H2,1-3H3. The first-order valence-corrected chi connectivity index (χ1v) is 6.78. The van der Waals surface area contributed by atoms with Crippen molar-refractivity contribution in [2.45, 2.75) is 33.2 Å². The first-order valence-electron chi connectivity index (χ1n) is 6.40. The van der Waals surface area contributed by atoms with E-state index in [2.05, 4.69) is 42.3 Å². The molecule has 17 heavy (non-hydrogen) atoms. The van der Waals surface area contributed by atoms with Crippen molar-refractivity contribution in [3.05, 3.63) is 28.8 Å². The SMILES string of the molecule is CCCCN(CC)c1ccc(CNC)cc1Cl. The summed E-state index contributed by atoms with van der Waals surface area (Å²) in [7, 11) is 1.95. The zero-order valence-corrected chi connectivity index (χ0v) is 11.8. The second kappa shape index (κ2) is 7.57. The minimum atomic E-state index is 0.857. The molecule has 0 aliphatic heterocycles. The van der Waals surface area contributed by atoms with Gasteiger partial charge in [0, 0.05) is 19.6 Å². The fraction of sp³-hybridized carbons (Fsp3) is 0.571. The number of nitrogens with zero attached hydrogens (tertiary/aromatic N) is 1. The Hall–Kier alpha value is -0.730. The molecule has 0 bridgehead atoms. The van der Waals surface area contributed by atoms with Crippen molar-refractivity contribution in [2.75, 3.05) is 25.0 Å². The van der Waals surface area contributed by atoms with Gasteiger partial charge in [0.05, 0.1) is 10.7 Å². The predicted octanol–water partition coefficient (Wildman–Crippen LogP) is 3.69. The highest BCUT2D eigenvalue weighted by Crippen LogP contribution is 2.27. The molecule has 0 fully saturated rings. The Bertz CT molecular complexity index is 339. The molecule has 0 saturated carbocycles. The maximum absolute atomic E-state index is 6.35. The van der Waals surface area contributed by atoms with Crippen LogP contribution in [0.2, 0.25) is 5.02 Å². The maximum atomic E-state index is 6.35. The number of hydrogen-bond acceptors (Lipinski definition) is 2. The van der Waals surface area contributed by atoms with Gasteiger partial charge < -0.3 is 10.2 Å². The van der Waals surface area contributed by atoms with E-state index in [1.165, 1.54) is 18.4 Å². The third-order valence-electron chi connectivity index (χ3n) is 2.90. The minimum Gasteiger partial charge on any atom is -0.371 e. The lowest BCUT2D eigenvalue weighted by atomic mass is 10.2. The van der Waals surface area contributed by atoms with E-state index in [9.17, 15) is 0 Å². The van der Waals surface area contributed by atoms with Crippen LogP contribution in [-0.2, 0) is 6.54 Å². The van der Waals surface area contributed by atoms with Crippen LogP contribution in [0.3, 0.4) is 0 Å². The van der Waals surface area contributed by atoms with Crippen LogP contribution in [0, 0.1) is 0 Å². The summed E-state index contributed by atoms with van der Waals surface area (Å²) < 4.78 is 0. The summed E-state index contributed by atoms with van der Waals surface area (Å²) in [5, 5.41) is 3.99. The van der Waals surface area contributed by atoms with Crippen LogP contribution in [0.1, 0.15) is 32.3 Å². The van der Waals surface area contributed by atoms with Gasteiger partial charge >= 0.3 is 0 Å². The molecule has 0 radical (unpaired) electrons. The van der Waals surface area contributed by atoms with Gasteiger partial charge in [0.2, 0.25) is 0 Å². The molecule has 1 aromatic carbocycles. The van der Waals surface area contributed by atoms with E-state index in [0.717, 1.165) is 30.3 Å². The average molecular weight is 255 g/mol. The van der Waals surface area contributed by atoms with Gasteiger partial charge in [0.15, 0.2) is 0 Å². The third kappa shape index (κ3) is 4.21. The largest absolute Gasteiger partial charge is 0.371 e. The molecule has 2 nitrogen and oxygen atoms in total. The number of hydrogen-bond donors (Lipinski definition) is 1. The van der Waals surface area contributed by atoms with Gasteiger partial charge in [-0.2, -0.15) is 0 Å². The number of nitrogens with one attached hydrogen (secondary N) is 1. The van der Waals surface area contributed by atoms with E-state index in [4.69, 9.17) is 11.6 Å². The summed E-state index contributed by atoms with van der Waals surface area (Å²) in [5.41, 5.74) is 2.38. The lowest BCUT2D eigenvalue weighted by Gasteiger charge is -2.24. The molecule has 0 heterocycles. The molecule has 0 unspecified atom stereocenters. The number of anilines is 1. The molecule has 0 amide bonds. The molecule has 0 atom stereocenters. The highest BCUT2D eigenvalue weighted by Gasteiger charge is 2.08. The molecule has 0 aromatic heterocycles. The van der Waals surface area contributed by atoms with Crippen LogP contribution in [0.25, 0.3) is 0 Å². The summed E-state index contributed by atoms with van der Waals surface area (Å²) in [4.78, 5) is 2.34. The molecule has 1 aromatic rings. The summed E-state index contributed by atoms with van der Waals surface area (Å²) in [6.07, 6.45) is 2.42. The van der Waals surface area contributed by atoms with Crippen molar-refractivity contribution in [1.82, 2.24) is 5.32 Å². The summed E-state index contributed by atoms with van der Waals surface area (Å²) in [6, 6.07) is 6.34. The molecule has 0 aliphatic rings. The van der Waals surface area contributed by atoms with Crippen molar-refractivity contribution in [2.24, 2.45) is 0 Å². The molecular weight excluding hydrogens is 232 g/mol. The fourth-order valence-corrected chi connectivity index (χ4v) is 2.24. The molecule has 0 aliphatic carbocycles. The fourth-order valence-electron chi connectivity index (χ4n) is 1.92. The first kappa shape index (κ1) is 14.3. The summed E-state index contributed by atoms with van der Waals surface area (Å²) in [6.45, 7) is 7.34. The topological polar surface area (TPSA) is 15.3 Å². The Kier molecular flexibility index (Phi) is 6.38. The van der Waals surface area contributed by atoms with Crippen LogP contribution in [0.15, 0.2) is 18.2 Å². The third-order valence-corrected chi connectivity index (χ3v) is 3.20. The Morgan fingerprint density at radius 3 is 2.59 bits per heavy atom. The highest BCUT2D eigenvalue weighted by atomic mass is 35.5. The number of rotatable bonds is 7. The molecular formula is C14H23ClN2. The van der Waals surface area contributed by atoms with Gasteiger partial charge in [-0.3, -0.25) is 0 Å². The van der Waals surface area contributed by atoms with E-state index < -0.39 is 0 Å². The lowest BCUT2D eigenvalue weighted by molar-refractivity contribution is 0.732. The Labute approximate surface area is 110 Å². The van der Waals surface area contributed by atoms with Crippen LogP contribution >= 0.6 is 11.6 Å². The van der Waals surface area contributed by atoms with Crippen molar-refractivity contribution < 1.29 is 0 Å². The second-order valence-electron chi connectivity index (χ2n) is 4.25. The molecule has 0 spiro atoms. The van der Waals surface area contributed by atoms with Crippen LogP contribution in [0.4, 0.5) is 5.69 Å². The number of benzene rings is 1. The van der Waals surface area contributed by atoms with E-state index in [1.54, 1.807) is 0 Å². The summed E-state index contributed by atoms with van der Waals surface area (Å²) in [5.74, 6) is 0. The predicted molar refractivity (Wildman–Crippen MR) is 77.0 cm³/mol. The van der Waals surface area contributed by atoms with Gasteiger partial charge in [-0.05, 0) is 38.1 Å². The Morgan fingerprint density at radius 1 is 1.29 bits per heavy atom. The average Bonchev–Trinajstić information content (AvgIpc) is 2.32.